The molecule has 0 spiro atoms. The van der Waals surface area contributed by atoms with E-state index in [0.29, 0.717) is 0 Å². The van der Waals surface area contributed by atoms with Crippen molar-refractivity contribution in [3.8, 4) is 11.3 Å². The number of hydrogen-bond acceptors (Lipinski definition) is 2. The summed E-state index contributed by atoms with van der Waals surface area (Å²) in [5.74, 6) is 1.00. The number of aromatic nitrogens is 2. The van der Waals surface area contributed by atoms with Crippen LogP contribution in [0.5, 0.6) is 0 Å². The first kappa shape index (κ1) is 10.2. The average Bonchev–Trinajstić information content (AvgIpc) is 2.77. The van der Waals surface area contributed by atoms with Crippen molar-refractivity contribution in [2.24, 2.45) is 0 Å². The largest absolute Gasteiger partial charge is 0.354 e. The van der Waals surface area contributed by atoms with Crippen LogP contribution in [0, 0.1) is 6.92 Å². The first-order chi connectivity index (χ1) is 8.83. The molecule has 1 aromatic carbocycles. The lowest BCUT2D eigenvalue weighted by Crippen LogP contribution is -1.95. The van der Waals surface area contributed by atoms with E-state index in [1.54, 1.807) is 0 Å². The fourth-order valence-corrected chi connectivity index (χ4v) is 3.62. The van der Waals surface area contributed by atoms with Crippen LogP contribution in [-0.2, 0) is 5.75 Å². The number of nitrogens with one attached hydrogen (secondary N) is 1. The van der Waals surface area contributed by atoms with Gasteiger partial charge in [0.25, 0.3) is 0 Å². The van der Waals surface area contributed by atoms with E-state index in [2.05, 4.69) is 41.2 Å². The van der Waals surface area contributed by atoms with Crippen molar-refractivity contribution in [2.45, 2.75) is 17.7 Å². The summed E-state index contributed by atoms with van der Waals surface area (Å²) >= 11 is 1.83. The Kier molecular flexibility index (Phi) is 2.06. The maximum absolute atomic E-state index is 4.45. The Labute approximate surface area is 109 Å². The highest BCUT2D eigenvalue weighted by Gasteiger charge is 2.21. The number of nitrogens with zero attached hydrogens (tertiary/aromatic N) is 1. The molecule has 18 heavy (non-hydrogen) atoms. The first-order valence-electron chi connectivity index (χ1n) is 6.02. The Morgan fingerprint density at radius 1 is 1.28 bits per heavy atom. The van der Waals surface area contributed by atoms with E-state index in [-0.39, 0.29) is 0 Å². The van der Waals surface area contributed by atoms with Crippen molar-refractivity contribution in [3.05, 3.63) is 47.7 Å². The average molecular weight is 252 g/mol. The molecule has 1 aliphatic rings. The van der Waals surface area contributed by atoms with Crippen LogP contribution in [0.25, 0.3) is 22.2 Å². The van der Waals surface area contributed by atoms with Crippen molar-refractivity contribution in [1.29, 1.82) is 0 Å². The van der Waals surface area contributed by atoms with Crippen molar-refractivity contribution >= 4 is 22.7 Å². The molecule has 88 valence electrons. The normalized spacial score (nSPS) is 13.4. The van der Waals surface area contributed by atoms with Crippen molar-refractivity contribution < 1.29 is 0 Å². The summed E-state index contributed by atoms with van der Waals surface area (Å²) in [5, 5.41) is 2.49. The minimum Gasteiger partial charge on any atom is -0.354 e. The van der Waals surface area contributed by atoms with Crippen LogP contribution >= 0.6 is 11.8 Å². The molecule has 0 aliphatic carbocycles. The maximum Gasteiger partial charge on any atom is 0.106 e. The van der Waals surface area contributed by atoms with Gasteiger partial charge in [-0.15, -0.1) is 11.8 Å². The predicted octanol–water partition coefficient (Wildman–Crippen LogP) is 4.14. The zero-order valence-electron chi connectivity index (χ0n) is 10.0. The molecule has 2 nitrogen and oxygen atoms in total. The summed E-state index contributed by atoms with van der Waals surface area (Å²) in [6.45, 7) is 2.14. The van der Waals surface area contributed by atoms with E-state index in [1.165, 1.54) is 33.3 Å². The van der Waals surface area contributed by atoms with Crippen LogP contribution in [0.2, 0.25) is 0 Å². The number of thioether (sulfide) groups is 1. The molecule has 0 bridgehead atoms. The maximum atomic E-state index is 4.45. The number of aryl methyl sites for hydroxylation is 1. The van der Waals surface area contributed by atoms with Gasteiger partial charge < -0.3 is 4.98 Å². The summed E-state index contributed by atoms with van der Waals surface area (Å²) in [7, 11) is 0. The van der Waals surface area contributed by atoms with Gasteiger partial charge in [0.1, 0.15) is 5.03 Å². The van der Waals surface area contributed by atoms with Crippen LogP contribution in [0.4, 0.5) is 0 Å². The Hall–Kier alpha value is -1.74. The molecule has 0 saturated heterocycles. The number of hydrogen-bond donors (Lipinski definition) is 1. The summed E-state index contributed by atoms with van der Waals surface area (Å²) in [4.78, 5) is 7.99. The van der Waals surface area contributed by atoms with Crippen LogP contribution in [0.15, 0.2) is 41.6 Å². The van der Waals surface area contributed by atoms with E-state index < -0.39 is 0 Å². The van der Waals surface area contributed by atoms with Gasteiger partial charge in [-0.25, -0.2) is 4.98 Å². The summed E-state index contributed by atoms with van der Waals surface area (Å²) < 4.78 is 0. The van der Waals surface area contributed by atoms with Gasteiger partial charge in [-0.3, -0.25) is 0 Å². The Morgan fingerprint density at radius 2 is 2.22 bits per heavy atom. The Bertz CT molecular complexity index is 758. The smallest absolute Gasteiger partial charge is 0.106 e. The molecule has 0 saturated carbocycles. The van der Waals surface area contributed by atoms with E-state index in [4.69, 9.17) is 0 Å². The van der Waals surface area contributed by atoms with Gasteiger partial charge in [0.2, 0.25) is 0 Å². The van der Waals surface area contributed by atoms with Gasteiger partial charge in [0.15, 0.2) is 0 Å². The number of rotatable bonds is 0. The summed E-state index contributed by atoms with van der Waals surface area (Å²) in [6.07, 6.45) is 1.86. The quantitative estimate of drug-likeness (QED) is 0.651. The lowest BCUT2D eigenvalue weighted by molar-refractivity contribution is 1.11. The molecule has 2 aromatic heterocycles. The monoisotopic (exact) mass is 252 g/mol. The zero-order chi connectivity index (χ0) is 12.1. The zero-order valence-corrected chi connectivity index (χ0v) is 10.8. The SMILES string of the molecule is Cc1ccc2[nH]c3c(c2c1)CSc1ncccc1-3. The Morgan fingerprint density at radius 3 is 3.17 bits per heavy atom. The van der Waals surface area contributed by atoms with Gasteiger partial charge >= 0.3 is 0 Å². The third-order valence-electron chi connectivity index (χ3n) is 3.46. The van der Waals surface area contributed by atoms with Crippen LogP contribution in [0.3, 0.4) is 0 Å². The standard InChI is InChI=1S/C15H12N2S/c1-9-4-5-13-11(7-9)12-8-18-15-10(14(12)17-13)3-2-6-16-15/h2-7,17H,8H2,1H3. The van der Waals surface area contributed by atoms with Crippen LogP contribution in [-0.4, -0.2) is 9.97 Å². The van der Waals surface area contributed by atoms with E-state index in [1.807, 2.05) is 24.0 Å². The van der Waals surface area contributed by atoms with Crippen molar-refractivity contribution in [3.63, 3.8) is 0 Å². The second-order valence-electron chi connectivity index (χ2n) is 4.67. The highest BCUT2D eigenvalue weighted by molar-refractivity contribution is 7.98. The number of fused-ring (bicyclic) bond motifs is 5. The molecule has 0 amide bonds. The predicted molar refractivity (Wildman–Crippen MR) is 75.8 cm³/mol. The molecule has 3 heterocycles. The second-order valence-corrected chi connectivity index (χ2v) is 5.64. The minimum absolute atomic E-state index is 1.00. The molecule has 3 heteroatoms. The molecule has 3 aromatic rings. The number of benzene rings is 1. The molecule has 1 N–H and O–H groups in total. The van der Waals surface area contributed by atoms with E-state index >= 15 is 0 Å². The second kappa shape index (κ2) is 3.62. The van der Waals surface area contributed by atoms with Crippen molar-refractivity contribution in [1.82, 2.24) is 9.97 Å². The molecular formula is C15H12N2S. The summed E-state index contributed by atoms with van der Waals surface area (Å²) in [6, 6.07) is 10.7. The third kappa shape index (κ3) is 1.34. The molecule has 1 aliphatic heterocycles. The van der Waals surface area contributed by atoms with E-state index in [0.717, 1.165) is 10.8 Å². The number of H-pyrrole nitrogens is 1. The molecule has 4 rings (SSSR count). The minimum atomic E-state index is 1.00. The highest BCUT2D eigenvalue weighted by atomic mass is 32.2. The van der Waals surface area contributed by atoms with Gasteiger partial charge in [0, 0.05) is 28.4 Å². The van der Waals surface area contributed by atoms with Gasteiger partial charge in [-0.2, -0.15) is 0 Å². The van der Waals surface area contributed by atoms with Crippen LogP contribution in [0.1, 0.15) is 11.1 Å². The molecule has 0 unspecified atom stereocenters. The van der Waals surface area contributed by atoms with Crippen molar-refractivity contribution in [2.75, 3.05) is 0 Å². The van der Waals surface area contributed by atoms with E-state index in [9.17, 15) is 0 Å². The fourth-order valence-electron chi connectivity index (χ4n) is 2.58. The summed E-state index contributed by atoms with van der Waals surface area (Å²) in [5.41, 5.74) is 6.43. The van der Waals surface area contributed by atoms with Gasteiger partial charge in [0.05, 0.1) is 5.69 Å². The lowest BCUT2D eigenvalue weighted by atomic mass is 10.1. The highest BCUT2D eigenvalue weighted by Crippen LogP contribution is 2.42. The third-order valence-corrected chi connectivity index (χ3v) is 4.49. The molecule has 0 radical (unpaired) electrons. The van der Waals surface area contributed by atoms with Crippen LogP contribution < -0.4 is 0 Å². The molecular weight excluding hydrogens is 240 g/mol. The number of pyridine rings is 1. The first-order valence-corrected chi connectivity index (χ1v) is 7.01. The molecule has 0 atom stereocenters. The number of aromatic amines is 1. The lowest BCUT2D eigenvalue weighted by Gasteiger charge is -2.14. The molecule has 0 fully saturated rings. The topological polar surface area (TPSA) is 28.7 Å². The Balaban J connectivity index is 2.08. The van der Waals surface area contributed by atoms with Gasteiger partial charge in [-0.05, 0) is 36.8 Å². The fraction of sp³-hybridized carbons (Fsp3) is 0.133. The van der Waals surface area contributed by atoms with Gasteiger partial charge in [-0.1, -0.05) is 11.6 Å².